The van der Waals surface area contributed by atoms with E-state index in [1.165, 1.54) is 6.92 Å². The number of carbonyl (C=O) groups excluding carboxylic acids is 3. The van der Waals surface area contributed by atoms with E-state index in [0.29, 0.717) is 10.2 Å². The van der Waals surface area contributed by atoms with E-state index < -0.39 is 48.2 Å². The van der Waals surface area contributed by atoms with Gasteiger partial charge in [0.2, 0.25) is 0 Å². The number of rotatable bonds is 7. The van der Waals surface area contributed by atoms with Gasteiger partial charge in [0.15, 0.2) is 11.7 Å². The summed E-state index contributed by atoms with van der Waals surface area (Å²) >= 11 is 10.5. The number of aromatic nitrogens is 2. The monoisotopic (exact) mass is 662 g/mol. The molecule has 40 heavy (non-hydrogen) atoms. The van der Waals surface area contributed by atoms with E-state index in [1.807, 2.05) is 0 Å². The first-order valence-electron chi connectivity index (χ1n) is 12.0. The first-order valence-corrected chi connectivity index (χ1v) is 14.0. The topological polar surface area (TPSA) is 112 Å². The third-order valence-electron chi connectivity index (χ3n) is 6.10. The number of fused-ring (bicyclic) bond motifs is 1. The van der Waals surface area contributed by atoms with Crippen LogP contribution < -0.4 is 10.6 Å². The minimum atomic E-state index is -4.69. The second-order valence-electron chi connectivity index (χ2n) is 8.65. The zero-order valence-electron chi connectivity index (χ0n) is 21.3. The van der Waals surface area contributed by atoms with Gasteiger partial charge in [0.25, 0.3) is 5.91 Å². The lowest BCUT2D eigenvalue weighted by molar-refractivity contribution is -0.173. The highest BCUT2D eigenvalue weighted by Crippen LogP contribution is 2.46. The number of hydrogen-bond donors (Lipinski definition) is 2. The molecule has 15 heteroatoms. The Hall–Kier alpha value is -3.10. The molecule has 4 rings (SSSR count). The van der Waals surface area contributed by atoms with Gasteiger partial charge in [-0.1, -0.05) is 39.7 Å². The number of alkyl halides is 3. The quantitative estimate of drug-likeness (QED) is 0.264. The first kappa shape index (κ1) is 29.9. The van der Waals surface area contributed by atoms with Crippen molar-refractivity contribution in [3.63, 3.8) is 0 Å². The van der Waals surface area contributed by atoms with E-state index >= 15 is 0 Å². The average Bonchev–Trinajstić information content (AvgIpc) is 3.40. The molecule has 0 saturated heterocycles. The molecule has 1 aromatic carbocycles. The third-order valence-corrected chi connectivity index (χ3v) is 8.17. The number of ether oxygens (including phenoxy) is 2. The molecule has 0 radical (unpaired) electrons. The van der Waals surface area contributed by atoms with Gasteiger partial charge in [0.1, 0.15) is 20.7 Å². The van der Waals surface area contributed by atoms with Crippen molar-refractivity contribution in [3.05, 3.63) is 61.0 Å². The molecule has 2 atom stereocenters. The molecule has 0 fully saturated rings. The summed E-state index contributed by atoms with van der Waals surface area (Å²) in [6.07, 6.45) is -5.08. The maximum absolute atomic E-state index is 14.1. The Morgan fingerprint density at radius 3 is 2.40 bits per heavy atom. The largest absolute Gasteiger partial charge is 0.462 e. The van der Waals surface area contributed by atoms with E-state index in [-0.39, 0.29) is 45.1 Å². The molecule has 0 saturated carbocycles. The highest BCUT2D eigenvalue weighted by molar-refractivity contribution is 9.10. The molecule has 1 aliphatic rings. The van der Waals surface area contributed by atoms with Crippen LogP contribution in [0.3, 0.4) is 0 Å². The number of hydrogen-bond acceptors (Lipinski definition) is 8. The number of benzene rings is 1. The van der Waals surface area contributed by atoms with Gasteiger partial charge >= 0.3 is 18.1 Å². The van der Waals surface area contributed by atoms with Gasteiger partial charge in [-0.3, -0.25) is 4.79 Å². The highest BCUT2D eigenvalue weighted by Gasteiger charge is 2.48. The minimum Gasteiger partial charge on any atom is -0.462 e. The fourth-order valence-corrected chi connectivity index (χ4v) is 5.87. The van der Waals surface area contributed by atoms with Gasteiger partial charge in [-0.15, -0.1) is 11.3 Å². The maximum Gasteiger partial charge on any atom is 0.410 e. The van der Waals surface area contributed by atoms with Crippen molar-refractivity contribution in [2.45, 2.75) is 45.5 Å². The third kappa shape index (κ3) is 5.84. The van der Waals surface area contributed by atoms with Crippen LogP contribution in [-0.2, 0) is 9.47 Å². The summed E-state index contributed by atoms with van der Waals surface area (Å²) in [4.78, 5) is 38.4. The number of esters is 2. The van der Waals surface area contributed by atoms with Crippen LogP contribution in [0.15, 0.2) is 28.7 Å². The Morgan fingerprint density at radius 1 is 1.18 bits per heavy atom. The van der Waals surface area contributed by atoms with Gasteiger partial charge in [0.05, 0.1) is 24.8 Å². The van der Waals surface area contributed by atoms with Crippen LogP contribution in [-0.4, -0.2) is 47.0 Å². The number of halogens is 5. The lowest BCUT2D eigenvalue weighted by atomic mass is 9.97. The average molecular weight is 664 g/mol. The molecule has 1 amide bonds. The Labute approximate surface area is 244 Å². The Kier molecular flexibility index (Phi) is 8.80. The molecule has 2 N–H and O–H groups in total. The fraction of sp³-hybridized carbons (Fsp3) is 0.360. The van der Waals surface area contributed by atoms with Crippen LogP contribution >= 0.6 is 38.9 Å². The Morgan fingerprint density at radius 2 is 1.80 bits per heavy atom. The van der Waals surface area contributed by atoms with E-state index in [0.717, 1.165) is 15.8 Å². The molecule has 1 aliphatic heterocycles. The van der Waals surface area contributed by atoms with Crippen LogP contribution in [0.25, 0.3) is 0 Å². The van der Waals surface area contributed by atoms with Crippen LogP contribution in [0.5, 0.6) is 0 Å². The van der Waals surface area contributed by atoms with Crippen molar-refractivity contribution in [2.24, 2.45) is 0 Å². The molecule has 0 spiro atoms. The second kappa shape index (κ2) is 11.8. The van der Waals surface area contributed by atoms with Crippen LogP contribution in [0.1, 0.15) is 74.0 Å². The predicted octanol–water partition coefficient (Wildman–Crippen LogP) is 6.93. The standard InChI is InChI=1S/C25H23BrClF3N4O5S/c1-4-38-23(36)16-11(3)19(24(37)39-5-2)40-22(16)32-21(35)18-17(27)20-31-14(12-6-8-13(26)9-7-12)10-15(25(28,29)30)34(20)33-18/h6-9,14-15,31H,4-5,10H2,1-3H3,(H,32,35)/t14-,15-/m0/s1. The second-order valence-corrected chi connectivity index (χ2v) is 11.0. The number of thiophene rings is 1. The number of nitrogens with zero attached hydrogens (tertiary/aromatic N) is 2. The molecule has 214 valence electrons. The minimum absolute atomic E-state index is 0.0277. The summed E-state index contributed by atoms with van der Waals surface area (Å²) in [5.41, 5.74) is 0.244. The zero-order chi connectivity index (χ0) is 29.4. The summed E-state index contributed by atoms with van der Waals surface area (Å²) in [5.74, 6) is -2.65. The zero-order valence-corrected chi connectivity index (χ0v) is 24.5. The Bertz CT molecular complexity index is 1460. The summed E-state index contributed by atoms with van der Waals surface area (Å²) < 4.78 is 53.9. The SMILES string of the molecule is CCOC(=O)c1sc(NC(=O)c2nn3c(c2Cl)N[C@H](c2ccc(Br)cc2)C[C@H]3C(F)(F)F)c(C(=O)OCC)c1C. The van der Waals surface area contributed by atoms with Crippen molar-refractivity contribution in [1.82, 2.24) is 9.78 Å². The lowest BCUT2D eigenvalue weighted by Crippen LogP contribution is -2.35. The van der Waals surface area contributed by atoms with Crippen molar-refractivity contribution in [3.8, 4) is 0 Å². The lowest BCUT2D eigenvalue weighted by Gasteiger charge is -2.33. The van der Waals surface area contributed by atoms with Crippen molar-refractivity contribution in [1.29, 1.82) is 0 Å². The first-order chi connectivity index (χ1) is 18.9. The maximum atomic E-state index is 14.1. The van der Waals surface area contributed by atoms with Crippen LogP contribution in [0.2, 0.25) is 5.02 Å². The number of nitrogens with one attached hydrogen (secondary N) is 2. The summed E-state index contributed by atoms with van der Waals surface area (Å²) in [6.45, 7) is 4.80. The molecule has 2 aromatic heterocycles. The smallest absolute Gasteiger partial charge is 0.410 e. The van der Waals surface area contributed by atoms with E-state index in [1.54, 1.807) is 38.1 Å². The normalized spacial score (nSPS) is 16.6. The molecular weight excluding hydrogens is 641 g/mol. The number of carbonyl (C=O) groups is 3. The molecule has 0 bridgehead atoms. The van der Waals surface area contributed by atoms with Gasteiger partial charge < -0.3 is 20.1 Å². The van der Waals surface area contributed by atoms with Crippen molar-refractivity contribution < 1.29 is 37.0 Å². The molecule has 0 aliphatic carbocycles. The van der Waals surface area contributed by atoms with Crippen molar-refractivity contribution in [2.75, 3.05) is 23.8 Å². The van der Waals surface area contributed by atoms with Gasteiger partial charge in [-0.2, -0.15) is 18.3 Å². The van der Waals surface area contributed by atoms with E-state index in [9.17, 15) is 27.6 Å². The van der Waals surface area contributed by atoms with E-state index in [4.69, 9.17) is 21.1 Å². The highest BCUT2D eigenvalue weighted by atomic mass is 79.9. The van der Waals surface area contributed by atoms with Crippen molar-refractivity contribution >= 4 is 67.5 Å². The summed E-state index contributed by atoms with van der Waals surface area (Å²) in [6, 6.07) is 3.95. The molecule has 0 unspecified atom stereocenters. The van der Waals surface area contributed by atoms with Gasteiger partial charge in [-0.25, -0.2) is 14.3 Å². The number of amides is 1. The molecular formula is C25H23BrClF3N4O5S. The number of anilines is 2. The summed E-state index contributed by atoms with van der Waals surface area (Å²) in [7, 11) is 0. The van der Waals surface area contributed by atoms with Gasteiger partial charge in [0, 0.05) is 10.9 Å². The van der Waals surface area contributed by atoms with Crippen LogP contribution in [0.4, 0.5) is 24.0 Å². The molecule has 9 nitrogen and oxygen atoms in total. The van der Waals surface area contributed by atoms with Crippen LogP contribution in [0, 0.1) is 6.92 Å². The van der Waals surface area contributed by atoms with E-state index in [2.05, 4.69) is 31.7 Å². The summed E-state index contributed by atoms with van der Waals surface area (Å²) in [5, 5.41) is 8.98. The fourth-order valence-electron chi connectivity index (χ4n) is 4.25. The Balaban J connectivity index is 1.72. The molecule has 3 heterocycles. The predicted molar refractivity (Wildman–Crippen MR) is 146 cm³/mol. The molecule has 3 aromatic rings. The van der Waals surface area contributed by atoms with Gasteiger partial charge in [-0.05, 0) is 44.0 Å².